The molecule has 0 unspecified atom stereocenters. The zero-order valence-corrected chi connectivity index (χ0v) is 17.3. The van der Waals surface area contributed by atoms with Crippen molar-refractivity contribution in [1.29, 1.82) is 0 Å². The molecule has 0 saturated heterocycles. The molecule has 0 aliphatic heterocycles. The zero-order valence-electron chi connectivity index (χ0n) is 15.7. The maximum atomic E-state index is 12.7. The van der Waals surface area contributed by atoms with Gasteiger partial charge in [0.25, 0.3) is 5.91 Å². The molecule has 0 aliphatic rings. The van der Waals surface area contributed by atoms with E-state index >= 15 is 0 Å². The van der Waals surface area contributed by atoms with Gasteiger partial charge >= 0.3 is 0 Å². The van der Waals surface area contributed by atoms with Crippen molar-refractivity contribution in [2.75, 3.05) is 23.4 Å². The van der Waals surface area contributed by atoms with Crippen LogP contribution in [0.1, 0.15) is 21.7 Å². The van der Waals surface area contributed by atoms with E-state index in [0.29, 0.717) is 5.56 Å². The first-order chi connectivity index (χ1) is 13.2. The average molecular weight is 422 g/mol. The molecule has 0 spiro atoms. The van der Waals surface area contributed by atoms with Crippen LogP contribution in [0.4, 0.5) is 10.3 Å². The Morgan fingerprint density at radius 3 is 2.39 bits per heavy atom. The van der Waals surface area contributed by atoms with Crippen LogP contribution in [-0.2, 0) is 10.0 Å². The number of nitrogens with one attached hydrogen (secondary N) is 2. The molecule has 9 nitrogen and oxygen atoms in total. The van der Waals surface area contributed by atoms with E-state index < -0.39 is 10.0 Å². The van der Waals surface area contributed by atoms with Crippen LogP contribution >= 0.6 is 11.3 Å². The molecular weight excluding hydrogens is 402 g/mol. The van der Waals surface area contributed by atoms with Crippen molar-refractivity contribution in [3.05, 3.63) is 47.3 Å². The summed E-state index contributed by atoms with van der Waals surface area (Å²) in [7, 11) is -1.85. The number of methoxy groups -OCH3 is 1. The number of hydrogen-bond acceptors (Lipinski definition) is 7. The van der Waals surface area contributed by atoms with Gasteiger partial charge in [0.15, 0.2) is 0 Å². The number of aromatic nitrogens is 3. The minimum atomic E-state index is -3.46. The van der Waals surface area contributed by atoms with Gasteiger partial charge in [-0.05, 0) is 44.2 Å². The van der Waals surface area contributed by atoms with Crippen LogP contribution < -0.4 is 14.8 Å². The van der Waals surface area contributed by atoms with E-state index in [0.717, 1.165) is 40.4 Å². The number of carbonyl (C=O) groups is 1. The van der Waals surface area contributed by atoms with Gasteiger partial charge < -0.3 is 9.30 Å². The van der Waals surface area contributed by atoms with Gasteiger partial charge in [-0.3, -0.25) is 14.8 Å². The molecule has 0 aliphatic carbocycles. The molecule has 11 heteroatoms. The summed E-state index contributed by atoms with van der Waals surface area (Å²) in [6.45, 7) is 3.76. The second-order valence-electron chi connectivity index (χ2n) is 6.06. The lowest BCUT2D eigenvalue weighted by molar-refractivity contribution is 0.102. The number of benzene rings is 1. The van der Waals surface area contributed by atoms with Crippen LogP contribution in [-0.4, -0.2) is 42.5 Å². The standard InChI is InChI=1S/C17H19N5O4S2/c1-10-9-14(11(2)22(10)12-5-7-13(26-3)8-6-12)15(23)18-16-19-20-17(27-16)21-28(4,24)25/h5-9H,1-4H3,(H,20,21)(H,18,19,23). The molecule has 2 heterocycles. The Balaban J connectivity index is 1.83. The molecule has 1 amide bonds. The van der Waals surface area contributed by atoms with Gasteiger partial charge in [0.05, 0.1) is 18.9 Å². The third-order valence-corrected chi connectivity index (χ3v) is 5.37. The predicted molar refractivity (Wildman–Crippen MR) is 108 cm³/mol. The molecule has 3 aromatic rings. The summed E-state index contributed by atoms with van der Waals surface area (Å²) in [5.41, 5.74) is 3.05. The van der Waals surface area contributed by atoms with Crippen LogP contribution in [0.15, 0.2) is 30.3 Å². The summed E-state index contributed by atoms with van der Waals surface area (Å²) in [6, 6.07) is 9.31. The van der Waals surface area contributed by atoms with Gasteiger partial charge in [-0.25, -0.2) is 8.42 Å². The first-order valence-electron chi connectivity index (χ1n) is 8.14. The number of anilines is 2. The van der Waals surface area contributed by atoms with Crippen molar-refractivity contribution < 1.29 is 17.9 Å². The van der Waals surface area contributed by atoms with E-state index in [1.807, 2.05) is 42.7 Å². The Morgan fingerprint density at radius 1 is 1.14 bits per heavy atom. The fraction of sp³-hybridized carbons (Fsp3) is 0.235. The van der Waals surface area contributed by atoms with Crippen molar-refractivity contribution in [2.45, 2.75) is 13.8 Å². The van der Waals surface area contributed by atoms with E-state index in [2.05, 4.69) is 20.2 Å². The Labute approximate surface area is 166 Å². The quantitative estimate of drug-likeness (QED) is 0.632. The number of ether oxygens (including phenoxy) is 1. The highest BCUT2D eigenvalue weighted by Crippen LogP contribution is 2.25. The maximum Gasteiger partial charge on any atom is 0.259 e. The minimum Gasteiger partial charge on any atom is -0.497 e. The van der Waals surface area contributed by atoms with Crippen LogP contribution in [0, 0.1) is 13.8 Å². The van der Waals surface area contributed by atoms with E-state index in [1.54, 1.807) is 13.2 Å². The van der Waals surface area contributed by atoms with Gasteiger partial charge in [-0.2, -0.15) is 0 Å². The molecular formula is C17H19N5O4S2. The van der Waals surface area contributed by atoms with Gasteiger partial charge in [-0.1, -0.05) is 11.3 Å². The zero-order chi connectivity index (χ0) is 20.5. The molecule has 2 aromatic heterocycles. The minimum absolute atomic E-state index is 0.0847. The maximum absolute atomic E-state index is 12.7. The SMILES string of the molecule is COc1ccc(-n2c(C)cc(C(=O)Nc3nnc(NS(C)(=O)=O)s3)c2C)cc1. The smallest absolute Gasteiger partial charge is 0.259 e. The van der Waals surface area contributed by atoms with E-state index in [9.17, 15) is 13.2 Å². The second-order valence-corrected chi connectivity index (χ2v) is 8.78. The summed E-state index contributed by atoms with van der Waals surface area (Å²) in [5, 5.41) is 10.4. The number of nitrogens with zero attached hydrogens (tertiary/aromatic N) is 3. The number of aryl methyl sites for hydroxylation is 1. The Hall–Kier alpha value is -2.92. The van der Waals surface area contributed by atoms with Gasteiger partial charge in [-0.15, -0.1) is 10.2 Å². The monoisotopic (exact) mass is 421 g/mol. The third-order valence-electron chi connectivity index (χ3n) is 3.92. The molecule has 3 rings (SSSR count). The first-order valence-corrected chi connectivity index (χ1v) is 10.8. The highest BCUT2D eigenvalue weighted by Gasteiger charge is 2.18. The van der Waals surface area contributed by atoms with Crippen LogP contribution in [0.2, 0.25) is 0 Å². The summed E-state index contributed by atoms with van der Waals surface area (Å²) in [4.78, 5) is 12.7. The van der Waals surface area contributed by atoms with Gasteiger partial charge in [0.2, 0.25) is 20.3 Å². The predicted octanol–water partition coefficient (Wildman–Crippen LogP) is 2.58. The van der Waals surface area contributed by atoms with Crippen molar-refractivity contribution >= 4 is 37.5 Å². The fourth-order valence-corrected chi connectivity index (χ4v) is 4.23. The topological polar surface area (TPSA) is 115 Å². The molecule has 28 heavy (non-hydrogen) atoms. The average Bonchev–Trinajstić information content (AvgIpc) is 3.17. The highest BCUT2D eigenvalue weighted by molar-refractivity contribution is 7.92. The summed E-state index contributed by atoms with van der Waals surface area (Å²) in [6.07, 6.45) is 1.01. The van der Waals surface area contributed by atoms with Gasteiger partial charge in [0, 0.05) is 17.1 Å². The number of rotatable bonds is 6. The van der Waals surface area contributed by atoms with Crippen molar-refractivity contribution in [2.24, 2.45) is 0 Å². The highest BCUT2D eigenvalue weighted by atomic mass is 32.2. The molecule has 148 valence electrons. The molecule has 0 bridgehead atoms. The molecule has 0 atom stereocenters. The summed E-state index contributed by atoms with van der Waals surface area (Å²) in [5.74, 6) is 0.397. The Bertz CT molecular complexity index is 1120. The lowest BCUT2D eigenvalue weighted by atomic mass is 10.2. The molecule has 1 aromatic carbocycles. The van der Waals surface area contributed by atoms with E-state index in [4.69, 9.17) is 4.74 Å². The number of amides is 1. The third kappa shape index (κ3) is 4.31. The number of carbonyl (C=O) groups excluding carboxylic acids is 1. The van der Waals surface area contributed by atoms with Crippen molar-refractivity contribution in [3.63, 3.8) is 0 Å². The van der Waals surface area contributed by atoms with Crippen molar-refractivity contribution in [1.82, 2.24) is 14.8 Å². The van der Waals surface area contributed by atoms with Gasteiger partial charge in [0.1, 0.15) is 5.75 Å². The summed E-state index contributed by atoms with van der Waals surface area (Å²) >= 11 is 0.935. The molecule has 0 fully saturated rings. The number of hydrogen-bond donors (Lipinski definition) is 2. The lowest BCUT2D eigenvalue weighted by Crippen LogP contribution is -2.13. The Morgan fingerprint density at radius 2 is 1.79 bits per heavy atom. The lowest BCUT2D eigenvalue weighted by Gasteiger charge is -2.10. The van der Waals surface area contributed by atoms with Crippen LogP contribution in [0.5, 0.6) is 5.75 Å². The normalized spacial score (nSPS) is 11.3. The number of sulfonamides is 1. The Kier molecular flexibility index (Phi) is 5.38. The first kappa shape index (κ1) is 19.8. The van der Waals surface area contributed by atoms with E-state index in [1.165, 1.54) is 0 Å². The van der Waals surface area contributed by atoms with Crippen LogP contribution in [0.25, 0.3) is 5.69 Å². The molecule has 2 N–H and O–H groups in total. The largest absolute Gasteiger partial charge is 0.497 e. The fourth-order valence-electron chi connectivity index (χ4n) is 2.76. The second kappa shape index (κ2) is 7.60. The van der Waals surface area contributed by atoms with Crippen molar-refractivity contribution in [3.8, 4) is 11.4 Å². The molecule has 0 saturated carbocycles. The summed E-state index contributed by atoms with van der Waals surface area (Å²) < 4.78 is 31.9. The molecule has 0 radical (unpaired) electrons. The van der Waals surface area contributed by atoms with Crippen LogP contribution in [0.3, 0.4) is 0 Å². The van der Waals surface area contributed by atoms with E-state index in [-0.39, 0.29) is 16.2 Å².